The number of ether oxygens (including phenoxy) is 1. The van der Waals surface area contributed by atoms with Crippen LogP contribution in [0.2, 0.25) is 0 Å². The molecule has 0 bridgehead atoms. The number of rotatable bonds is 9. The summed E-state index contributed by atoms with van der Waals surface area (Å²) >= 11 is 0. The largest absolute Gasteiger partial charge is 0.506 e. The van der Waals surface area contributed by atoms with Crippen LogP contribution in [0.5, 0.6) is 5.75 Å². The zero-order chi connectivity index (χ0) is 23.5. The number of primary amides is 1. The van der Waals surface area contributed by atoms with Crippen molar-refractivity contribution in [3.05, 3.63) is 36.0 Å². The summed E-state index contributed by atoms with van der Waals surface area (Å²) in [6.45, 7) is 3.70. The van der Waals surface area contributed by atoms with Gasteiger partial charge < -0.3 is 25.0 Å². The highest BCUT2D eigenvalue weighted by Gasteiger charge is 2.30. The van der Waals surface area contributed by atoms with Gasteiger partial charge in [-0.1, -0.05) is 0 Å². The molecule has 0 aliphatic carbocycles. The van der Waals surface area contributed by atoms with Crippen LogP contribution in [0.3, 0.4) is 0 Å². The van der Waals surface area contributed by atoms with Crippen molar-refractivity contribution < 1.29 is 27.8 Å². The van der Waals surface area contributed by atoms with Gasteiger partial charge in [0.25, 0.3) is 0 Å². The third-order valence-corrected chi connectivity index (χ3v) is 4.85. The molecule has 0 spiro atoms. The first-order valence-electron chi connectivity index (χ1n) is 10.0. The molecule has 0 aliphatic heterocycles. The number of halogens is 3. The second-order valence-corrected chi connectivity index (χ2v) is 7.05. The first-order chi connectivity index (χ1) is 15.1. The molecule has 3 rings (SSSR count). The van der Waals surface area contributed by atoms with Crippen molar-refractivity contribution in [1.82, 2.24) is 14.5 Å². The van der Waals surface area contributed by atoms with Gasteiger partial charge in [-0.3, -0.25) is 4.79 Å². The minimum Gasteiger partial charge on any atom is -0.506 e. The fourth-order valence-corrected chi connectivity index (χ4v) is 3.40. The Labute approximate surface area is 182 Å². The van der Waals surface area contributed by atoms with Gasteiger partial charge >= 0.3 is 6.18 Å². The van der Waals surface area contributed by atoms with Gasteiger partial charge in [0.2, 0.25) is 5.91 Å². The molecule has 2 aromatic heterocycles. The predicted molar refractivity (Wildman–Crippen MR) is 114 cm³/mol. The number of hydrogen-bond acceptors (Lipinski definition) is 6. The predicted octanol–water partition coefficient (Wildman–Crippen LogP) is 3.33. The van der Waals surface area contributed by atoms with E-state index >= 15 is 0 Å². The molecule has 0 saturated carbocycles. The van der Waals surface area contributed by atoms with Crippen LogP contribution < -0.4 is 10.6 Å². The molecule has 8 nitrogen and oxygen atoms in total. The number of aromatic nitrogens is 3. The summed E-state index contributed by atoms with van der Waals surface area (Å²) < 4.78 is 45.6. The third-order valence-electron chi connectivity index (χ3n) is 4.85. The third kappa shape index (κ3) is 5.10. The minimum absolute atomic E-state index is 0.107. The first-order valence-corrected chi connectivity index (χ1v) is 10.0. The molecule has 0 unspecified atom stereocenters. The number of hydrogen-bond donors (Lipinski definition) is 2. The Bertz CT molecular complexity index is 1100. The second-order valence-electron chi connectivity index (χ2n) is 7.05. The molecule has 1 amide bonds. The van der Waals surface area contributed by atoms with E-state index in [1.807, 2.05) is 6.92 Å². The maximum Gasteiger partial charge on any atom is 0.405 e. The van der Waals surface area contributed by atoms with E-state index in [1.165, 1.54) is 24.4 Å². The van der Waals surface area contributed by atoms with Crippen LogP contribution in [-0.4, -0.2) is 58.0 Å². The summed E-state index contributed by atoms with van der Waals surface area (Å²) in [5, 5.41) is 10.5. The van der Waals surface area contributed by atoms with E-state index in [4.69, 9.17) is 10.5 Å². The van der Waals surface area contributed by atoms with Crippen LogP contribution in [0.25, 0.3) is 22.4 Å². The number of anilines is 1. The quantitative estimate of drug-likeness (QED) is 0.484. The highest BCUT2D eigenvalue weighted by molar-refractivity contribution is 5.99. The molecule has 0 atom stereocenters. The number of nitrogens with zero attached hydrogens (tertiary/aromatic N) is 4. The smallest absolute Gasteiger partial charge is 0.405 e. The lowest BCUT2D eigenvalue weighted by Crippen LogP contribution is -2.34. The minimum atomic E-state index is -4.35. The van der Waals surface area contributed by atoms with E-state index in [0.717, 1.165) is 4.90 Å². The Morgan fingerprint density at radius 2 is 2.03 bits per heavy atom. The Morgan fingerprint density at radius 1 is 1.28 bits per heavy atom. The molecular formula is C21H24F3N5O3. The summed E-state index contributed by atoms with van der Waals surface area (Å²) in [6, 6.07) is 5.85. The molecule has 0 saturated heterocycles. The molecule has 172 valence electrons. The lowest BCUT2D eigenvalue weighted by Gasteiger charge is -2.23. The number of aromatic hydroxyl groups is 1. The normalized spacial score (nSPS) is 11.8. The molecule has 11 heteroatoms. The summed E-state index contributed by atoms with van der Waals surface area (Å²) in [5.74, 6) is -0.264. The number of alkyl halides is 3. The lowest BCUT2D eigenvalue weighted by molar-refractivity contribution is -0.119. The van der Waals surface area contributed by atoms with Crippen molar-refractivity contribution in [2.45, 2.75) is 26.6 Å². The highest BCUT2D eigenvalue weighted by Crippen LogP contribution is 2.32. The zero-order valence-electron chi connectivity index (χ0n) is 17.7. The van der Waals surface area contributed by atoms with Crippen LogP contribution in [0.15, 0.2) is 30.5 Å². The number of pyridine rings is 1. The van der Waals surface area contributed by atoms with Gasteiger partial charge in [-0.05, 0) is 38.1 Å². The van der Waals surface area contributed by atoms with Crippen LogP contribution in [0, 0.1) is 0 Å². The number of phenols is 1. The topological polar surface area (TPSA) is 107 Å². The van der Waals surface area contributed by atoms with Crippen molar-refractivity contribution in [1.29, 1.82) is 0 Å². The fourth-order valence-electron chi connectivity index (χ4n) is 3.40. The average molecular weight is 451 g/mol. The number of nitrogens with two attached hydrogens (primary N) is 1. The summed E-state index contributed by atoms with van der Waals surface area (Å²) in [6.07, 6.45) is -2.92. The number of benzene rings is 1. The number of phenolic OH excluding ortho intramolecular Hbond substituents is 1. The monoisotopic (exact) mass is 451 g/mol. The Hall–Kier alpha value is -3.34. The van der Waals surface area contributed by atoms with E-state index in [0.29, 0.717) is 42.2 Å². The molecular weight excluding hydrogens is 427 g/mol. The molecule has 0 fully saturated rings. The van der Waals surface area contributed by atoms with Gasteiger partial charge in [-0.15, -0.1) is 0 Å². The fraction of sp³-hybridized carbons (Fsp3) is 0.381. The van der Waals surface area contributed by atoms with Crippen LogP contribution in [0.1, 0.15) is 24.2 Å². The van der Waals surface area contributed by atoms with E-state index in [1.54, 1.807) is 17.6 Å². The maximum absolute atomic E-state index is 12.8. The Morgan fingerprint density at radius 3 is 2.59 bits per heavy atom. The summed E-state index contributed by atoms with van der Waals surface area (Å²) in [7, 11) is 0. The van der Waals surface area contributed by atoms with E-state index in [-0.39, 0.29) is 23.7 Å². The molecule has 2 heterocycles. The number of carbonyl (C=O) groups is 1. The van der Waals surface area contributed by atoms with Crippen molar-refractivity contribution in [2.24, 2.45) is 5.73 Å². The maximum atomic E-state index is 12.8. The average Bonchev–Trinajstić information content (AvgIpc) is 3.10. The van der Waals surface area contributed by atoms with Crippen molar-refractivity contribution in [3.63, 3.8) is 0 Å². The lowest BCUT2D eigenvalue weighted by atomic mass is 10.1. The van der Waals surface area contributed by atoms with Crippen LogP contribution in [0.4, 0.5) is 19.0 Å². The van der Waals surface area contributed by atoms with Crippen molar-refractivity contribution in [3.8, 4) is 17.1 Å². The zero-order valence-corrected chi connectivity index (χ0v) is 17.7. The van der Waals surface area contributed by atoms with E-state index < -0.39 is 18.6 Å². The molecule has 3 N–H and O–H groups in total. The molecule has 1 aromatic carbocycles. The second kappa shape index (κ2) is 9.43. The number of amides is 1. The van der Waals surface area contributed by atoms with Gasteiger partial charge in [0.1, 0.15) is 29.5 Å². The number of fused-ring (bicyclic) bond motifs is 1. The van der Waals surface area contributed by atoms with E-state index in [2.05, 4.69) is 9.97 Å². The van der Waals surface area contributed by atoms with Crippen molar-refractivity contribution in [2.75, 3.05) is 31.2 Å². The summed E-state index contributed by atoms with van der Waals surface area (Å²) in [5.41, 5.74) is 6.71. The Balaban J connectivity index is 2.05. The van der Waals surface area contributed by atoms with E-state index in [9.17, 15) is 23.1 Å². The molecule has 32 heavy (non-hydrogen) atoms. The Kier molecular flexibility index (Phi) is 6.87. The van der Waals surface area contributed by atoms with Crippen LogP contribution in [-0.2, 0) is 11.3 Å². The molecule has 3 aromatic rings. The first kappa shape index (κ1) is 23.3. The molecule has 0 aliphatic rings. The highest BCUT2D eigenvalue weighted by atomic mass is 19.4. The van der Waals surface area contributed by atoms with Crippen LogP contribution >= 0.6 is 0 Å². The standard InChI is InChI=1S/C21H24F3N5O3/c1-3-28(12-21(22,23)24)17-6-5-13(11-26-17)20-27-15-9-14(19(25)31)10-16(30)18(15)29(20)7-8-32-4-2/h5-6,9-11,30H,3-4,7-8,12H2,1-2H3,(H2,25,31). The van der Waals surface area contributed by atoms with Gasteiger partial charge in [0.15, 0.2) is 0 Å². The number of imidazole rings is 1. The number of carbonyl (C=O) groups excluding carboxylic acids is 1. The van der Waals surface area contributed by atoms with Gasteiger partial charge in [-0.25, -0.2) is 9.97 Å². The van der Waals surface area contributed by atoms with Gasteiger partial charge in [0, 0.05) is 37.0 Å². The summed E-state index contributed by atoms with van der Waals surface area (Å²) in [4.78, 5) is 21.4. The molecule has 0 radical (unpaired) electrons. The van der Waals surface area contributed by atoms with Crippen molar-refractivity contribution >= 4 is 22.8 Å². The SMILES string of the molecule is CCOCCn1c(-c2ccc(N(CC)CC(F)(F)F)nc2)nc2cc(C(N)=O)cc(O)c21. The van der Waals surface area contributed by atoms with Gasteiger partial charge in [-0.2, -0.15) is 13.2 Å². The van der Waals surface area contributed by atoms with Gasteiger partial charge in [0.05, 0.1) is 12.1 Å².